The number of benzene rings is 1. The second-order valence-electron chi connectivity index (χ2n) is 5.46. The number of nitrogens with zero attached hydrogens (tertiary/aromatic N) is 3. The minimum absolute atomic E-state index is 0.153. The van der Waals surface area contributed by atoms with E-state index in [4.69, 9.17) is 9.73 Å². The quantitative estimate of drug-likeness (QED) is 0.853. The molecule has 1 amide bonds. The third-order valence-electron chi connectivity index (χ3n) is 3.67. The smallest absolute Gasteiger partial charge is 0.229 e. The third kappa shape index (κ3) is 2.78. The molecule has 2 heterocycles. The number of amides is 1. The van der Waals surface area contributed by atoms with E-state index in [0.717, 1.165) is 28.7 Å². The van der Waals surface area contributed by atoms with Crippen LogP contribution in [-0.2, 0) is 4.79 Å². The highest BCUT2D eigenvalue weighted by Crippen LogP contribution is 2.43. The van der Waals surface area contributed by atoms with Gasteiger partial charge in [0.2, 0.25) is 5.91 Å². The Bertz CT molecular complexity index is 601. The molecular formula is C15H19N3O2S. The second kappa shape index (κ2) is 5.69. The standard InChI is InChI=1S/C15H19N3O2S/c1-17(2)6-7-18-14(19)9-13-15(18)16-11-8-10(20-3)4-5-12(11)21-13/h4-5,8,13H,6-7,9H2,1-3H3/t13-/m0/s1. The Kier molecular flexibility index (Phi) is 3.91. The summed E-state index contributed by atoms with van der Waals surface area (Å²) < 4.78 is 5.25. The first-order valence-electron chi connectivity index (χ1n) is 6.97. The average molecular weight is 305 g/mol. The van der Waals surface area contributed by atoms with E-state index in [1.807, 2.05) is 37.2 Å². The van der Waals surface area contributed by atoms with Crippen LogP contribution < -0.4 is 4.74 Å². The van der Waals surface area contributed by atoms with Gasteiger partial charge in [0.1, 0.15) is 11.6 Å². The molecule has 112 valence electrons. The van der Waals surface area contributed by atoms with Crippen LogP contribution in [0.1, 0.15) is 6.42 Å². The first-order chi connectivity index (χ1) is 10.1. The lowest BCUT2D eigenvalue weighted by Gasteiger charge is -2.24. The molecule has 0 unspecified atom stereocenters. The van der Waals surface area contributed by atoms with E-state index in [1.165, 1.54) is 0 Å². The number of ether oxygens (including phenoxy) is 1. The number of aliphatic imine (C=N–C) groups is 1. The van der Waals surface area contributed by atoms with Crippen molar-refractivity contribution in [1.29, 1.82) is 0 Å². The third-order valence-corrected chi connectivity index (χ3v) is 4.93. The molecule has 3 rings (SSSR count). The zero-order valence-electron chi connectivity index (χ0n) is 12.5. The molecule has 0 aliphatic carbocycles. The largest absolute Gasteiger partial charge is 0.497 e. The van der Waals surface area contributed by atoms with Crippen LogP contribution in [0.2, 0.25) is 0 Å². The minimum Gasteiger partial charge on any atom is -0.497 e. The van der Waals surface area contributed by atoms with Gasteiger partial charge >= 0.3 is 0 Å². The van der Waals surface area contributed by atoms with Crippen LogP contribution in [0.3, 0.4) is 0 Å². The van der Waals surface area contributed by atoms with E-state index in [9.17, 15) is 4.79 Å². The van der Waals surface area contributed by atoms with E-state index >= 15 is 0 Å². The van der Waals surface area contributed by atoms with Crippen molar-refractivity contribution < 1.29 is 9.53 Å². The van der Waals surface area contributed by atoms with Gasteiger partial charge in [-0.25, -0.2) is 4.99 Å². The van der Waals surface area contributed by atoms with E-state index in [0.29, 0.717) is 13.0 Å². The SMILES string of the molecule is COc1ccc2c(c1)N=C1[C@H](CC(=O)N1CCN(C)C)S2. The second-order valence-corrected chi connectivity index (χ2v) is 6.71. The van der Waals surface area contributed by atoms with Gasteiger partial charge in [-0.15, -0.1) is 11.8 Å². The highest BCUT2D eigenvalue weighted by atomic mass is 32.2. The number of hydrogen-bond acceptors (Lipinski definition) is 5. The number of carbonyl (C=O) groups is 1. The van der Waals surface area contributed by atoms with Gasteiger partial charge < -0.3 is 9.64 Å². The number of methoxy groups -OCH3 is 1. The van der Waals surface area contributed by atoms with Gasteiger partial charge in [-0.3, -0.25) is 9.69 Å². The number of likely N-dealkylation sites (tertiary alicyclic amines) is 1. The van der Waals surface area contributed by atoms with Crippen molar-refractivity contribution in [3.63, 3.8) is 0 Å². The highest BCUT2D eigenvalue weighted by Gasteiger charge is 2.39. The number of fused-ring (bicyclic) bond motifs is 2. The molecule has 2 aliphatic heterocycles. The van der Waals surface area contributed by atoms with Gasteiger partial charge in [0, 0.05) is 30.5 Å². The van der Waals surface area contributed by atoms with Crippen LogP contribution in [0.15, 0.2) is 28.1 Å². The number of hydrogen-bond donors (Lipinski definition) is 0. The number of carbonyl (C=O) groups excluding carboxylic acids is 1. The molecule has 6 heteroatoms. The summed E-state index contributed by atoms with van der Waals surface area (Å²) in [5.74, 6) is 1.86. The van der Waals surface area contributed by atoms with Crippen molar-refractivity contribution in [2.75, 3.05) is 34.3 Å². The summed E-state index contributed by atoms with van der Waals surface area (Å²) in [7, 11) is 5.67. The molecule has 0 N–H and O–H groups in total. The Morgan fingerprint density at radius 2 is 2.29 bits per heavy atom. The van der Waals surface area contributed by atoms with E-state index in [1.54, 1.807) is 18.9 Å². The number of thioether (sulfide) groups is 1. The first kappa shape index (κ1) is 14.4. The predicted octanol–water partition coefficient (Wildman–Crippen LogP) is 1.99. The van der Waals surface area contributed by atoms with Crippen LogP contribution >= 0.6 is 11.8 Å². The van der Waals surface area contributed by atoms with Gasteiger partial charge in [0.25, 0.3) is 0 Å². The Morgan fingerprint density at radius 1 is 1.48 bits per heavy atom. The van der Waals surface area contributed by atoms with Crippen LogP contribution in [0.25, 0.3) is 0 Å². The summed E-state index contributed by atoms with van der Waals surface area (Å²) >= 11 is 1.73. The predicted molar refractivity (Wildman–Crippen MR) is 84.6 cm³/mol. The molecular weight excluding hydrogens is 286 g/mol. The van der Waals surface area contributed by atoms with Gasteiger partial charge in [-0.1, -0.05) is 0 Å². The molecule has 1 atom stereocenters. The Labute approximate surface area is 129 Å². The van der Waals surface area contributed by atoms with Gasteiger partial charge in [0.15, 0.2) is 0 Å². The average Bonchev–Trinajstić information content (AvgIpc) is 2.76. The maximum atomic E-state index is 12.2. The van der Waals surface area contributed by atoms with Crippen molar-refractivity contribution in [2.45, 2.75) is 16.6 Å². The summed E-state index contributed by atoms with van der Waals surface area (Å²) in [4.78, 5) is 22.0. The fraction of sp³-hybridized carbons (Fsp3) is 0.467. The number of likely N-dealkylation sites (N-methyl/N-ethyl adjacent to an activating group) is 1. The molecule has 1 fully saturated rings. The van der Waals surface area contributed by atoms with E-state index in [-0.39, 0.29) is 11.2 Å². The zero-order valence-corrected chi connectivity index (χ0v) is 13.3. The summed E-state index contributed by atoms with van der Waals surface area (Å²) in [6.45, 7) is 1.54. The van der Waals surface area contributed by atoms with Crippen molar-refractivity contribution in [3.05, 3.63) is 18.2 Å². The summed E-state index contributed by atoms with van der Waals surface area (Å²) in [6.07, 6.45) is 0.544. The highest BCUT2D eigenvalue weighted by molar-refractivity contribution is 8.01. The summed E-state index contributed by atoms with van der Waals surface area (Å²) in [6, 6.07) is 5.89. The molecule has 21 heavy (non-hydrogen) atoms. The van der Waals surface area contributed by atoms with Crippen LogP contribution in [0.5, 0.6) is 5.75 Å². The molecule has 1 aromatic rings. The van der Waals surface area contributed by atoms with Gasteiger partial charge in [0.05, 0.1) is 18.0 Å². The van der Waals surface area contributed by atoms with Gasteiger partial charge in [-0.05, 0) is 26.2 Å². The van der Waals surface area contributed by atoms with Crippen molar-refractivity contribution in [3.8, 4) is 5.75 Å². The van der Waals surface area contributed by atoms with Crippen molar-refractivity contribution in [1.82, 2.24) is 9.80 Å². The van der Waals surface area contributed by atoms with Crippen LogP contribution in [0, 0.1) is 0 Å². The fourth-order valence-corrected chi connectivity index (χ4v) is 3.71. The van der Waals surface area contributed by atoms with Crippen LogP contribution in [-0.4, -0.2) is 61.1 Å². The topological polar surface area (TPSA) is 45.1 Å². The zero-order chi connectivity index (χ0) is 15.0. The summed E-state index contributed by atoms with van der Waals surface area (Å²) in [5, 5.41) is 0.153. The normalized spacial score (nSPS) is 20.4. The molecule has 2 aliphatic rings. The number of amidine groups is 1. The molecule has 0 saturated carbocycles. The van der Waals surface area contributed by atoms with E-state index in [2.05, 4.69) is 4.90 Å². The molecule has 5 nitrogen and oxygen atoms in total. The van der Waals surface area contributed by atoms with Crippen molar-refractivity contribution >= 4 is 29.2 Å². The Balaban J connectivity index is 1.90. The molecule has 0 bridgehead atoms. The molecule has 1 saturated heterocycles. The van der Waals surface area contributed by atoms with Gasteiger partial charge in [-0.2, -0.15) is 0 Å². The van der Waals surface area contributed by atoms with Crippen LogP contribution in [0.4, 0.5) is 5.69 Å². The molecule has 0 spiro atoms. The molecule has 1 aromatic carbocycles. The lowest BCUT2D eigenvalue weighted by molar-refractivity contribution is -0.125. The monoisotopic (exact) mass is 305 g/mol. The van der Waals surface area contributed by atoms with Crippen molar-refractivity contribution in [2.24, 2.45) is 4.99 Å². The minimum atomic E-state index is 0.153. The molecule has 0 aromatic heterocycles. The maximum Gasteiger partial charge on any atom is 0.229 e. The Morgan fingerprint density at radius 3 is 3.00 bits per heavy atom. The first-order valence-corrected chi connectivity index (χ1v) is 7.85. The fourth-order valence-electron chi connectivity index (χ4n) is 2.52. The summed E-state index contributed by atoms with van der Waals surface area (Å²) in [5.41, 5.74) is 0.898. The molecule has 0 radical (unpaired) electrons. The lowest BCUT2D eigenvalue weighted by Crippen LogP contribution is -2.37. The number of rotatable bonds is 4. The Hall–Kier alpha value is -1.53. The van der Waals surface area contributed by atoms with E-state index < -0.39 is 0 Å². The maximum absolute atomic E-state index is 12.2. The lowest BCUT2D eigenvalue weighted by atomic mass is 10.3.